The molecule has 0 radical (unpaired) electrons. The highest BCUT2D eigenvalue weighted by molar-refractivity contribution is 5.80. The molecule has 0 aliphatic carbocycles. The van der Waals surface area contributed by atoms with Crippen molar-refractivity contribution in [2.75, 3.05) is 36.0 Å². The van der Waals surface area contributed by atoms with Crippen molar-refractivity contribution in [2.45, 2.75) is 6.54 Å². The number of nitrogens with two attached hydrogens (primary N) is 1. The smallest absolute Gasteiger partial charge is 0.193 e. The molecule has 1 saturated heterocycles. The fourth-order valence-electron chi connectivity index (χ4n) is 3.35. The zero-order valence-electron chi connectivity index (χ0n) is 14.0. The molecule has 5 heteroatoms. The molecule has 2 N–H and O–H groups in total. The Kier molecular flexibility index (Phi) is 4.15. The van der Waals surface area contributed by atoms with Crippen LogP contribution in [0.3, 0.4) is 0 Å². The monoisotopic (exact) mass is 335 g/mol. The van der Waals surface area contributed by atoms with Gasteiger partial charge in [0.2, 0.25) is 0 Å². The Morgan fingerprint density at radius 3 is 2.24 bits per heavy atom. The largest absolute Gasteiger partial charge is 0.459 e. The second-order valence-electron chi connectivity index (χ2n) is 6.27. The Balaban J connectivity index is 1.56. The number of benzene rings is 2. The number of nitrogens with zero attached hydrogens (tertiary/aromatic N) is 2. The second kappa shape index (κ2) is 6.61. The van der Waals surface area contributed by atoms with Crippen molar-refractivity contribution >= 4 is 22.3 Å². The van der Waals surface area contributed by atoms with Gasteiger partial charge in [-0.05, 0) is 24.3 Å². The van der Waals surface area contributed by atoms with Gasteiger partial charge in [0.05, 0.1) is 11.9 Å². The minimum absolute atomic E-state index is 0.0397. The molecule has 3 aromatic rings. The number of anilines is 2. The van der Waals surface area contributed by atoms with E-state index >= 15 is 0 Å². The van der Waals surface area contributed by atoms with E-state index in [0.717, 1.165) is 31.9 Å². The minimum atomic E-state index is -0.0397. The molecular formula is C20H21N3O2. The zero-order chi connectivity index (χ0) is 17.2. The highest BCUT2D eigenvalue weighted by atomic mass is 16.3. The van der Waals surface area contributed by atoms with E-state index in [9.17, 15) is 4.79 Å². The lowest BCUT2D eigenvalue weighted by molar-refractivity contribution is 0.538. The van der Waals surface area contributed by atoms with Crippen LogP contribution in [0.25, 0.3) is 11.0 Å². The fraction of sp³-hybridized carbons (Fsp3) is 0.250. The normalized spacial score (nSPS) is 14.9. The highest BCUT2D eigenvalue weighted by Gasteiger charge is 2.18. The van der Waals surface area contributed by atoms with Gasteiger partial charge in [-0.1, -0.05) is 18.2 Å². The van der Waals surface area contributed by atoms with Crippen LogP contribution in [0.1, 0.15) is 5.76 Å². The van der Waals surface area contributed by atoms with Crippen molar-refractivity contribution < 1.29 is 4.42 Å². The quantitative estimate of drug-likeness (QED) is 0.797. The van der Waals surface area contributed by atoms with Crippen LogP contribution in [-0.2, 0) is 6.54 Å². The number of piperazine rings is 1. The maximum Gasteiger partial charge on any atom is 0.193 e. The molecule has 1 aliphatic rings. The molecular weight excluding hydrogens is 314 g/mol. The second-order valence-corrected chi connectivity index (χ2v) is 6.27. The lowest BCUT2D eigenvalue weighted by Crippen LogP contribution is -2.46. The van der Waals surface area contributed by atoms with Crippen molar-refractivity contribution in [1.82, 2.24) is 0 Å². The molecule has 0 bridgehead atoms. The van der Waals surface area contributed by atoms with E-state index in [2.05, 4.69) is 34.1 Å². The summed E-state index contributed by atoms with van der Waals surface area (Å²) in [5, 5.41) is 0.601. The van der Waals surface area contributed by atoms with E-state index in [0.29, 0.717) is 16.7 Å². The number of hydrogen-bond donors (Lipinski definition) is 1. The van der Waals surface area contributed by atoms with Gasteiger partial charge >= 0.3 is 0 Å². The average Bonchev–Trinajstić information content (AvgIpc) is 2.68. The number of rotatable bonds is 3. The Hall–Kier alpha value is -2.79. The van der Waals surface area contributed by atoms with Gasteiger partial charge < -0.3 is 20.0 Å². The molecule has 1 aliphatic heterocycles. The summed E-state index contributed by atoms with van der Waals surface area (Å²) in [6, 6.07) is 17.8. The summed E-state index contributed by atoms with van der Waals surface area (Å²) in [6.45, 7) is 4.03. The summed E-state index contributed by atoms with van der Waals surface area (Å²) in [4.78, 5) is 16.8. The van der Waals surface area contributed by atoms with Gasteiger partial charge in [0.1, 0.15) is 11.3 Å². The Morgan fingerprint density at radius 1 is 0.880 bits per heavy atom. The van der Waals surface area contributed by atoms with E-state index in [4.69, 9.17) is 10.2 Å². The van der Waals surface area contributed by atoms with Gasteiger partial charge in [0.25, 0.3) is 0 Å². The van der Waals surface area contributed by atoms with Crippen LogP contribution in [0.4, 0.5) is 11.4 Å². The Bertz CT molecular complexity index is 929. The Labute approximate surface area is 146 Å². The number of para-hydroxylation sites is 1. The van der Waals surface area contributed by atoms with Gasteiger partial charge in [0.15, 0.2) is 5.43 Å². The first kappa shape index (κ1) is 15.7. The maximum absolute atomic E-state index is 12.1. The molecule has 2 heterocycles. The third kappa shape index (κ3) is 3.10. The lowest BCUT2D eigenvalue weighted by Gasteiger charge is -2.37. The van der Waals surface area contributed by atoms with E-state index in [1.54, 1.807) is 0 Å². The van der Waals surface area contributed by atoms with Crippen LogP contribution in [0.5, 0.6) is 0 Å². The summed E-state index contributed by atoms with van der Waals surface area (Å²) in [7, 11) is 0. The number of fused-ring (bicyclic) bond motifs is 1. The molecule has 0 atom stereocenters. The van der Waals surface area contributed by atoms with Crippen LogP contribution in [0.2, 0.25) is 0 Å². The van der Waals surface area contributed by atoms with Crippen LogP contribution in [0.15, 0.2) is 63.8 Å². The predicted octanol–water partition coefficient (Wildman–Crippen LogP) is 2.58. The lowest BCUT2D eigenvalue weighted by atomic mass is 10.1. The van der Waals surface area contributed by atoms with Crippen molar-refractivity contribution in [1.29, 1.82) is 0 Å². The molecule has 0 unspecified atom stereocenters. The standard InChI is InChI=1S/C20H21N3O2/c21-14-17-13-19(24)18-7-6-16(12-20(18)25-17)23-10-8-22(9-11-23)15-4-2-1-3-5-15/h1-7,12-13H,8-11,14,21H2. The molecule has 1 fully saturated rings. The molecule has 4 rings (SSSR count). The topological polar surface area (TPSA) is 62.7 Å². The van der Waals surface area contributed by atoms with E-state index in [-0.39, 0.29) is 12.0 Å². The fourth-order valence-corrected chi connectivity index (χ4v) is 3.35. The van der Waals surface area contributed by atoms with Gasteiger partial charge in [0, 0.05) is 49.7 Å². The molecule has 2 aromatic carbocycles. The summed E-state index contributed by atoms with van der Waals surface area (Å²) in [5.41, 5.74) is 8.52. The first-order valence-corrected chi connectivity index (χ1v) is 8.56. The summed E-state index contributed by atoms with van der Waals surface area (Å²) >= 11 is 0. The van der Waals surface area contributed by atoms with E-state index in [1.165, 1.54) is 11.8 Å². The molecule has 25 heavy (non-hydrogen) atoms. The van der Waals surface area contributed by atoms with Gasteiger partial charge in [-0.3, -0.25) is 4.79 Å². The maximum atomic E-state index is 12.1. The van der Waals surface area contributed by atoms with Crippen molar-refractivity contribution in [2.24, 2.45) is 5.73 Å². The van der Waals surface area contributed by atoms with Crippen molar-refractivity contribution in [3.63, 3.8) is 0 Å². The van der Waals surface area contributed by atoms with E-state index < -0.39 is 0 Å². The first-order chi connectivity index (χ1) is 12.2. The zero-order valence-corrected chi connectivity index (χ0v) is 14.0. The summed E-state index contributed by atoms with van der Waals surface area (Å²) < 4.78 is 5.75. The predicted molar refractivity (Wildman–Crippen MR) is 101 cm³/mol. The summed E-state index contributed by atoms with van der Waals surface area (Å²) in [5.74, 6) is 0.517. The first-order valence-electron chi connectivity index (χ1n) is 8.56. The van der Waals surface area contributed by atoms with Crippen LogP contribution < -0.4 is 21.0 Å². The molecule has 0 saturated carbocycles. The SMILES string of the molecule is NCc1cc(=O)c2ccc(N3CCN(c4ccccc4)CC3)cc2o1. The minimum Gasteiger partial charge on any atom is -0.459 e. The number of hydrogen-bond acceptors (Lipinski definition) is 5. The van der Waals surface area contributed by atoms with Gasteiger partial charge in [-0.25, -0.2) is 0 Å². The summed E-state index contributed by atoms with van der Waals surface area (Å²) in [6.07, 6.45) is 0. The van der Waals surface area contributed by atoms with Crippen molar-refractivity contribution in [3.05, 3.63) is 70.6 Å². The third-order valence-electron chi connectivity index (χ3n) is 4.73. The van der Waals surface area contributed by atoms with Crippen LogP contribution in [0, 0.1) is 0 Å². The molecule has 5 nitrogen and oxygen atoms in total. The Morgan fingerprint density at radius 2 is 1.56 bits per heavy atom. The van der Waals surface area contributed by atoms with Gasteiger partial charge in [-0.15, -0.1) is 0 Å². The average molecular weight is 335 g/mol. The molecule has 128 valence electrons. The van der Waals surface area contributed by atoms with Crippen LogP contribution >= 0.6 is 0 Å². The third-order valence-corrected chi connectivity index (χ3v) is 4.73. The van der Waals surface area contributed by atoms with Gasteiger partial charge in [-0.2, -0.15) is 0 Å². The van der Waals surface area contributed by atoms with Crippen molar-refractivity contribution in [3.8, 4) is 0 Å². The van der Waals surface area contributed by atoms with E-state index in [1.807, 2.05) is 24.3 Å². The van der Waals surface area contributed by atoms with Crippen LogP contribution in [-0.4, -0.2) is 26.2 Å². The molecule has 0 amide bonds. The highest BCUT2D eigenvalue weighted by Crippen LogP contribution is 2.24. The molecule has 1 aromatic heterocycles. The molecule has 0 spiro atoms.